The number of nitrogens with two attached hydrogens (primary N) is 1. The molecule has 1 aromatic heterocycles. The van der Waals surface area contributed by atoms with E-state index in [2.05, 4.69) is 25.9 Å². The molecular weight excluding hydrogens is 258 g/mol. The fourth-order valence-electron chi connectivity index (χ4n) is 1.04. The highest BCUT2D eigenvalue weighted by Gasteiger charge is 2.04. The van der Waals surface area contributed by atoms with E-state index in [0.29, 0.717) is 22.1 Å². The molecule has 1 aromatic carbocycles. The first kappa shape index (κ1) is 9.92. The lowest BCUT2D eigenvalue weighted by molar-refractivity contribution is 0.463. The summed E-state index contributed by atoms with van der Waals surface area (Å²) < 4.78 is 5.93. The molecule has 0 aliphatic rings. The molecule has 0 fully saturated rings. The molecule has 0 radical (unpaired) electrons. The van der Waals surface area contributed by atoms with Gasteiger partial charge in [-0.05, 0) is 28.1 Å². The Kier molecular flexibility index (Phi) is 2.82. The molecule has 0 unspecified atom stereocenters. The average Bonchev–Trinajstić information content (AvgIpc) is 2.25. The van der Waals surface area contributed by atoms with E-state index in [1.165, 1.54) is 6.20 Å². The third-order valence-corrected chi connectivity index (χ3v) is 2.09. The van der Waals surface area contributed by atoms with Crippen molar-refractivity contribution in [1.29, 1.82) is 0 Å². The summed E-state index contributed by atoms with van der Waals surface area (Å²) in [5, 5.41) is 0. The summed E-state index contributed by atoms with van der Waals surface area (Å²) in [4.78, 5) is 7.91. The van der Waals surface area contributed by atoms with Crippen molar-refractivity contribution >= 4 is 21.6 Å². The summed E-state index contributed by atoms with van der Waals surface area (Å²) in [5.74, 6) is 1.04. The molecule has 0 spiro atoms. The van der Waals surface area contributed by atoms with Crippen LogP contribution in [0.5, 0.6) is 11.6 Å². The molecule has 0 aliphatic carbocycles. The maximum atomic E-state index is 5.67. The van der Waals surface area contributed by atoms with Crippen LogP contribution in [0.4, 0.5) is 5.69 Å². The SMILES string of the molecule is Nc1cnc(Br)nc1Oc1ccccc1. The number of hydrogen-bond donors (Lipinski definition) is 1. The largest absolute Gasteiger partial charge is 0.437 e. The number of nitrogen functional groups attached to an aromatic ring is 1. The van der Waals surface area contributed by atoms with Gasteiger partial charge in [0.1, 0.15) is 11.4 Å². The van der Waals surface area contributed by atoms with Crippen LogP contribution < -0.4 is 10.5 Å². The Morgan fingerprint density at radius 3 is 2.67 bits per heavy atom. The van der Waals surface area contributed by atoms with Crippen molar-refractivity contribution in [2.75, 3.05) is 5.73 Å². The molecular formula is C10H8BrN3O. The minimum Gasteiger partial charge on any atom is -0.437 e. The zero-order valence-corrected chi connectivity index (χ0v) is 9.31. The van der Waals surface area contributed by atoms with E-state index in [4.69, 9.17) is 10.5 Å². The van der Waals surface area contributed by atoms with Gasteiger partial charge in [-0.3, -0.25) is 0 Å². The van der Waals surface area contributed by atoms with Crippen LogP contribution in [-0.2, 0) is 0 Å². The molecule has 0 aliphatic heterocycles. The lowest BCUT2D eigenvalue weighted by Gasteiger charge is -2.06. The van der Waals surface area contributed by atoms with Gasteiger partial charge in [0.25, 0.3) is 0 Å². The van der Waals surface area contributed by atoms with Gasteiger partial charge < -0.3 is 10.5 Å². The number of hydrogen-bond acceptors (Lipinski definition) is 4. The number of nitrogens with zero attached hydrogens (tertiary/aromatic N) is 2. The minimum absolute atomic E-state index is 0.350. The van der Waals surface area contributed by atoms with Gasteiger partial charge in [0.15, 0.2) is 4.73 Å². The van der Waals surface area contributed by atoms with Crippen molar-refractivity contribution in [2.24, 2.45) is 0 Å². The van der Waals surface area contributed by atoms with Crippen LogP contribution in [0.15, 0.2) is 41.3 Å². The van der Waals surface area contributed by atoms with Gasteiger partial charge in [-0.1, -0.05) is 18.2 Å². The van der Waals surface area contributed by atoms with Crippen LogP contribution in [0, 0.1) is 0 Å². The number of rotatable bonds is 2. The van der Waals surface area contributed by atoms with Crippen molar-refractivity contribution in [2.45, 2.75) is 0 Å². The second-order valence-corrected chi connectivity index (χ2v) is 3.52. The van der Waals surface area contributed by atoms with E-state index in [1.807, 2.05) is 30.3 Å². The predicted molar refractivity (Wildman–Crippen MR) is 60.7 cm³/mol. The molecule has 0 saturated heterocycles. The van der Waals surface area contributed by atoms with E-state index in [1.54, 1.807) is 0 Å². The monoisotopic (exact) mass is 265 g/mol. The smallest absolute Gasteiger partial charge is 0.246 e. The summed E-state index contributed by atoms with van der Waals surface area (Å²) in [6, 6.07) is 9.32. The van der Waals surface area contributed by atoms with Crippen molar-refractivity contribution < 1.29 is 4.74 Å². The Morgan fingerprint density at radius 1 is 1.20 bits per heavy atom. The van der Waals surface area contributed by atoms with E-state index in [0.717, 1.165) is 0 Å². The molecule has 15 heavy (non-hydrogen) atoms. The first-order valence-corrected chi connectivity index (χ1v) is 5.06. The highest BCUT2D eigenvalue weighted by atomic mass is 79.9. The Morgan fingerprint density at radius 2 is 1.93 bits per heavy atom. The number of aromatic nitrogens is 2. The maximum absolute atomic E-state index is 5.67. The average molecular weight is 266 g/mol. The summed E-state index contributed by atoms with van der Waals surface area (Å²) in [6.07, 6.45) is 1.50. The summed E-state index contributed by atoms with van der Waals surface area (Å²) >= 11 is 3.15. The second-order valence-electron chi connectivity index (χ2n) is 2.81. The second kappa shape index (κ2) is 4.27. The van der Waals surface area contributed by atoms with Gasteiger partial charge in [-0.15, -0.1) is 0 Å². The quantitative estimate of drug-likeness (QED) is 0.849. The first-order valence-electron chi connectivity index (χ1n) is 4.26. The third kappa shape index (κ3) is 2.44. The summed E-state index contributed by atoms with van der Waals surface area (Å²) in [5.41, 5.74) is 6.07. The van der Waals surface area contributed by atoms with E-state index in [-0.39, 0.29) is 0 Å². The van der Waals surface area contributed by atoms with Crippen LogP contribution in [0.3, 0.4) is 0 Å². The molecule has 2 aromatic rings. The third-order valence-electron chi connectivity index (χ3n) is 1.71. The molecule has 5 heteroatoms. The minimum atomic E-state index is 0.350. The standard InChI is InChI=1S/C10H8BrN3O/c11-10-13-6-8(12)9(14-10)15-7-4-2-1-3-5-7/h1-6H,12H2. The van der Waals surface area contributed by atoms with Crippen molar-refractivity contribution in [3.8, 4) is 11.6 Å². The highest BCUT2D eigenvalue weighted by Crippen LogP contribution is 2.24. The topological polar surface area (TPSA) is 61.0 Å². The Hall–Kier alpha value is -1.62. The predicted octanol–water partition coefficient (Wildman–Crippen LogP) is 2.61. The van der Waals surface area contributed by atoms with Gasteiger partial charge in [-0.25, -0.2) is 4.98 Å². The zero-order chi connectivity index (χ0) is 10.7. The van der Waals surface area contributed by atoms with Gasteiger partial charge in [0.2, 0.25) is 5.88 Å². The Labute approximate surface area is 95.2 Å². The molecule has 76 valence electrons. The van der Waals surface area contributed by atoms with Gasteiger partial charge >= 0.3 is 0 Å². The van der Waals surface area contributed by atoms with E-state index in [9.17, 15) is 0 Å². The highest BCUT2D eigenvalue weighted by molar-refractivity contribution is 9.10. The van der Waals surface area contributed by atoms with Gasteiger partial charge in [-0.2, -0.15) is 4.98 Å². The molecule has 0 saturated carbocycles. The Balaban J connectivity index is 2.28. The number of ether oxygens (including phenoxy) is 1. The maximum Gasteiger partial charge on any atom is 0.246 e. The number of halogens is 1. The van der Waals surface area contributed by atoms with Crippen LogP contribution in [0.25, 0.3) is 0 Å². The van der Waals surface area contributed by atoms with Gasteiger partial charge in [0, 0.05) is 0 Å². The summed E-state index contributed by atoms with van der Waals surface area (Å²) in [7, 11) is 0. The van der Waals surface area contributed by atoms with E-state index >= 15 is 0 Å². The van der Waals surface area contributed by atoms with Crippen molar-refractivity contribution in [3.63, 3.8) is 0 Å². The molecule has 0 bridgehead atoms. The van der Waals surface area contributed by atoms with Crippen molar-refractivity contribution in [1.82, 2.24) is 9.97 Å². The van der Waals surface area contributed by atoms with Crippen LogP contribution in [0.1, 0.15) is 0 Å². The number of para-hydroxylation sites is 1. The van der Waals surface area contributed by atoms with Crippen molar-refractivity contribution in [3.05, 3.63) is 41.3 Å². The normalized spacial score (nSPS) is 9.93. The van der Waals surface area contributed by atoms with Gasteiger partial charge in [0.05, 0.1) is 6.20 Å². The molecule has 0 amide bonds. The number of anilines is 1. The number of benzene rings is 1. The van der Waals surface area contributed by atoms with Crippen LogP contribution >= 0.6 is 15.9 Å². The van der Waals surface area contributed by atoms with Crippen LogP contribution in [-0.4, -0.2) is 9.97 Å². The molecule has 4 nitrogen and oxygen atoms in total. The molecule has 1 heterocycles. The molecule has 2 N–H and O–H groups in total. The molecule has 0 atom stereocenters. The molecule has 2 rings (SSSR count). The zero-order valence-electron chi connectivity index (χ0n) is 7.72. The fraction of sp³-hybridized carbons (Fsp3) is 0. The lowest BCUT2D eigenvalue weighted by atomic mass is 10.3. The Bertz CT molecular complexity index is 461. The lowest BCUT2D eigenvalue weighted by Crippen LogP contribution is -1.96. The van der Waals surface area contributed by atoms with Crippen LogP contribution in [0.2, 0.25) is 0 Å². The summed E-state index contributed by atoms with van der Waals surface area (Å²) in [6.45, 7) is 0. The van der Waals surface area contributed by atoms with E-state index < -0.39 is 0 Å². The first-order chi connectivity index (χ1) is 7.25. The fourth-order valence-corrected chi connectivity index (χ4v) is 1.30.